The van der Waals surface area contributed by atoms with Gasteiger partial charge in [0.1, 0.15) is 11.6 Å². The third kappa shape index (κ3) is 2.68. The number of hydrogen-bond donors (Lipinski definition) is 0. The summed E-state index contributed by atoms with van der Waals surface area (Å²) in [5.41, 5.74) is 1.16. The second-order valence-electron chi connectivity index (χ2n) is 4.93. The quantitative estimate of drug-likeness (QED) is 0.671. The standard InChI is InChI=1S/C16H13ClFNO3S/c1-22-13-4-7-16-15(8-13)11(9-17)10-19(16)23(20,21)14-5-2-12(18)3-6-14/h2-8,10H,9H2,1H3. The maximum absolute atomic E-state index is 13.0. The van der Waals surface area contributed by atoms with E-state index >= 15 is 0 Å². The van der Waals surface area contributed by atoms with Gasteiger partial charge >= 0.3 is 0 Å². The molecule has 1 heterocycles. The second kappa shape index (κ2) is 5.86. The summed E-state index contributed by atoms with van der Waals surface area (Å²) < 4.78 is 45.0. The minimum atomic E-state index is -3.84. The molecule has 7 heteroatoms. The first-order chi connectivity index (χ1) is 11.0. The van der Waals surface area contributed by atoms with Crippen LogP contribution in [0.25, 0.3) is 10.9 Å². The zero-order valence-electron chi connectivity index (χ0n) is 12.2. The number of fused-ring (bicyclic) bond motifs is 1. The highest BCUT2D eigenvalue weighted by Gasteiger charge is 2.21. The van der Waals surface area contributed by atoms with Crippen molar-refractivity contribution in [1.82, 2.24) is 3.97 Å². The van der Waals surface area contributed by atoms with E-state index in [1.807, 2.05) is 0 Å². The lowest BCUT2D eigenvalue weighted by Gasteiger charge is -2.08. The molecule has 0 spiro atoms. The van der Waals surface area contributed by atoms with E-state index in [1.54, 1.807) is 18.2 Å². The minimum Gasteiger partial charge on any atom is -0.497 e. The second-order valence-corrected chi connectivity index (χ2v) is 7.01. The molecule has 0 amide bonds. The number of halogens is 2. The maximum Gasteiger partial charge on any atom is 0.268 e. The van der Waals surface area contributed by atoms with Gasteiger partial charge in [0.25, 0.3) is 10.0 Å². The van der Waals surface area contributed by atoms with Crippen molar-refractivity contribution in [3.63, 3.8) is 0 Å². The van der Waals surface area contributed by atoms with Gasteiger partial charge in [-0.2, -0.15) is 0 Å². The van der Waals surface area contributed by atoms with Gasteiger partial charge in [0.05, 0.1) is 17.5 Å². The molecule has 0 aliphatic rings. The first-order valence-electron chi connectivity index (χ1n) is 6.72. The number of nitrogens with zero attached hydrogens (tertiary/aromatic N) is 1. The summed E-state index contributed by atoms with van der Waals surface area (Å²) in [6.45, 7) is 0. The van der Waals surface area contributed by atoms with Gasteiger partial charge in [-0.15, -0.1) is 11.6 Å². The molecule has 0 saturated carbocycles. The van der Waals surface area contributed by atoms with Crippen molar-refractivity contribution in [3.05, 3.63) is 60.0 Å². The third-order valence-corrected chi connectivity index (χ3v) is 5.55. The lowest BCUT2D eigenvalue weighted by Crippen LogP contribution is -2.11. The average molecular weight is 354 g/mol. The molecule has 0 aliphatic carbocycles. The molecule has 0 unspecified atom stereocenters. The molecule has 0 saturated heterocycles. The van der Waals surface area contributed by atoms with Gasteiger partial charge in [0.15, 0.2) is 0 Å². The first kappa shape index (κ1) is 15.8. The highest BCUT2D eigenvalue weighted by Crippen LogP contribution is 2.30. The number of methoxy groups -OCH3 is 1. The highest BCUT2D eigenvalue weighted by molar-refractivity contribution is 7.90. The molecule has 2 aromatic carbocycles. The van der Waals surface area contributed by atoms with Crippen molar-refractivity contribution in [2.24, 2.45) is 0 Å². The van der Waals surface area contributed by atoms with Gasteiger partial charge < -0.3 is 4.74 Å². The smallest absolute Gasteiger partial charge is 0.268 e. The Balaban J connectivity index is 2.25. The lowest BCUT2D eigenvalue weighted by atomic mass is 10.2. The molecule has 0 N–H and O–H groups in total. The normalized spacial score (nSPS) is 11.8. The molecule has 4 nitrogen and oxygen atoms in total. The molecule has 120 valence electrons. The Morgan fingerprint density at radius 2 is 1.87 bits per heavy atom. The summed E-state index contributed by atoms with van der Waals surface area (Å²) in [7, 11) is -2.31. The molecule has 3 rings (SSSR count). The molecular formula is C16H13ClFNO3S. The van der Waals surface area contributed by atoms with E-state index in [0.29, 0.717) is 22.2 Å². The van der Waals surface area contributed by atoms with Gasteiger partial charge in [-0.05, 0) is 48.0 Å². The zero-order valence-corrected chi connectivity index (χ0v) is 13.7. The number of aromatic nitrogens is 1. The summed E-state index contributed by atoms with van der Waals surface area (Å²) in [6, 6.07) is 9.78. The first-order valence-corrected chi connectivity index (χ1v) is 8.70. The molecule has 0 fully saturated rings. The van der Waals surface area contributed by atoms with Gasteiger partial charge in [-0.25, -0.2) is 16.8 Å². The van der Waals surface area contributed by atoms with E-state index < -0.39 is 15.8 Å². The Hall–Kier alpha value is -2.05. The van der Waals surface area contributed by atoms with Crippen molar-refractivity contribution in [2.75, 3.05) is 7.11 Å². The van der Waals surface area contributed by atoms with Crippen LogP contribution >= 0.6 is 11.6 Å². The van der Waals surface area contributed by atoms with Crippen LogP contribution in [0.15, 0.2) is 53.6 Å². The minimum absolute atomic E-state index is 0.00717. The van der Waals surface area contributed by atoms with Crippen LogP contribution in [-0.2, 0) is 15.9 Å². The maximum atomic E-state index is 13.0. The predicted octanol–water partition coefficient (Wildman–Crippen LogP) is 3.76. The van der Waals surface area contributed by atoms with Crippen molar-refractivity contribution in [1.29, 1.82) is 0 Å². The Morgan fingerprint density at radius 1 is 1.17 bits per heavy atom. The van der Waals surface area contributed by atoms with Gasteiger partial charge in [-0.3, -0.25) is 0 Å². The van der Waals surface area contributed by atoms with Crippen LogP contribution in [0, 0.1) is 5.82 Å². The largest absolute Gasteiger partial charge is 0.497 e. The molecular weight excluding hydrogens is 341 g/mol. The fraction of sp³-hybridized carbons (Fsp3) is 0.125. The molecule has 0 atom stereocenters. The third-order valence-electron chi connectivity index (χ3n) is 3.57. The van der Waals surface area contributed by atoms with Crippen molar-refractivity contribution >= 4 is 32.5 Å². The number of benzene rings is 2. The van der Waals surface area contributed by atoms with Crippen molar-refractivity contribution < 1.29 is 17.5 Å². The van der Waals surface area contributed by atoms with E-state index in [0.717, 1.165) is 16.1 Å². The summed E-state index contributed by atoms with van der Waals surface area (Å²) in [5, 5.41) is 0.699. The van der Waals surface area contributed by atoms with Crippen LogP contribution < -0.4 is 4.74 Å². The molecule has 23 heavy (non-hydrogen) atoms. The fourth-order valence-electron chi connectivity index (χ4n) is 2.40. The summed E-state index contributed by atoms with van der Waals surface area (Å²) in [6.07, 6.45) is 1.48. The molecule has 1 aromatic heterocycles. The van der Waals surface area contributed by atoms with Crippen LogP contribution in [0.5, 0.6) is 5.75 Å². The number of ether oxygens (including phenoxy) is 1. The molecule has 0 aliphatic heterocycles. The predicted molar refractivity (Wildman–Crippen MR) is 87.0 cm³/mol. The van der Waals surface area contributed by atoms with Crippen LogP contribution in [0.3, 0.4) is 0 Å². The van der Waals surface area contributed by atoms with Crippen LogP contribution in [0.4, 0.5) is 4.39 Å². The molecule has 0 bridgehead atoms. The van der Waals surface area contributed by atoms with E-state index in [9.17, 15) is 12.8 Å². The van der Waals surface area contributed by atoms with E-state index in [1.165, 1.54) is 25.4 Å². The van der Waals surface area contributed by atoms with E-state index in [2.05, 4.69) is 0 Å². The fourth-order valence-corrected chi connectivity index (χ4v) is 4.00. The Labute approximate surface area is 138 Å². The van der Waals surface area contributed by atoms with Gasteiger partial charge in [-0.1, -0.05) is 0 Å². The average Bonchev–Trinajstić information content (AvgIpc) is 2.93. The summed E-state index contributed by atoms with van der Waals surface area (Å²) in [5.74, 6) is 0.281. The number of alkyl halides is 1. The molecule has 0 radical (unpaired) electrons. The summed E-state index contributed by atoms with van der Waals surface area (Å²) >= 11 is 5.93. The van der Waals surface area contributed by atoms with Gasteiger partial charge in [0, 0.05) is 17.5 Å². The Morgan fingerprint density at radius 3 is 2.48 bits per heavy atom. The molecule has 3 aromatic rings. The Bertz CT molecular complexity index is 965. The van der Waals surface area contributed by atoms with Gasteiger partial charge in [0.2, 0.25) is 0 Å². The van der Waals surface area contributed by atoms with Crippen LogP contribution in [0.1, 0.15) is 5.56 Å². The van der Waals surface area contributed by atoms with E-state index in [-0.39, 0.29) is 10.8 Å². The summed E-state index contributed by atoms with van der Waals surface area (Å²) in [4.78, 5) is 0.00717. The highest BCUT2D eigenvalue weighted by atomic mass is 35.5. The van der Waals surface area contributed by atoms with Crippen LogP contribution in [0.2, 0.25) is 0 Å². The lowest BCUT2D eigenvalue weighted by molar-refractivity contribution is 0.415. The monoisotopic (exact) mass is 353 g/mol. The number of rotatable bonds is 4. The van der Waals surface area contributed by atoms with Crippen LogP contribution in [-0.4, -0.2) is 19.5 Å². The Kier molecular flexibility index (Phi) is 4.04. The van der Waals surface area contributed by atoms with Crippen molar-refractivity contribution in [3.8, 4) is 5.75 Å². The topological polar surface area (TPSA) is 48.3 Å². The van der Waals surface area contributed by atoms with E-state index in [4.69, 9.17) is 16.3 Å². The SMILES string of the molecule is COc1ccc2c(c1)c(CCl)cn2S(=O)(=O)c1ccc(F)cc1. The number of hydrogen-bond acceptors (Lipinski definition) is 3. The zero-order chi connectivity index (χ0) is 16.6. The van der Waals surface area contributed by atoms with Crippen molar-refractivity contribution in [2.45, 2.75) is 10.8 Å².